The first kappa shape index (κ1) is 17.5. The lowest BCUT2D eigenvalue weighted by Gasteiger charge is -2.23. The molecule has 4 nitrogen and oxygen atoms in total. The first-order valence-electron chi connectivity index (χ1n) is 6.98. The van der Waals surface area contributed by atoms with Crippen molar-refractivity contribution in [3.05, 3.63) is 34.9 Å². The van der Waals surface area contributed by atoms with Crippen LogP contribution in [0.15, 0.2) is 24.3 Å². The van der Waals surface area contributed by atoms with E-state index >= 15 is 0 Å². The summed E-state index contributed by atoms with van der Waals surface area (Å²) in [6, 6.07) is 6.65. The van der Waals surface area contributed by atoms with E-state index in [0.717, 1.165) is 5.56 Å². The average Bonchev–Trinajstić information content (AvgIpc) is 2.36. The summed E-state index contributed by atoms with van der Waals surface area (Å²) in [5.41, 5.74) is 0.246. The molecule has 21 heavy (non-hydrogen) atoms. The van der Waals surface area contributed by atoms with E-state index in [1.165, 1.54) is 0 Å². The largest absolute Gasteiger partial charge is 0.444 e. The van der Waals surface area contributed by atoms with E-state index < -0.39 is 17.7 Å². The van der Waals surface area contributed by atoms with Crippen molar-refractivity contribution in [2.45, 2.75) is 52.2 Å². The molecule has 0 spiro atoms. The molecule has 1 amide bonds. The van der Waals surface area contributed by atoms with Crippen LogP contribution >= 0.6 is 11.6 Å². The monoisotopic (exact) mass is 311 g/mol. The molecule has 1 aromatic rings. The number of benzene rings is 1. The molecule has 0 saturated carbocycles. The van der Waals surface area contributed by atoms with Crippen molar-refractivity contribution in [1.82, 2.24) is 5.32 Å². The number of carbonyl (C=O) groups excluding carboxylic acids is 2. The van der Waals surface area contributed by atoms with Gasteiger partial charge in [0.2, 0.25) is 0 Å². The van der Waals surface area contributed by atoms with Gasteiger partial charge < -0.3 is 10.1 Å². The van der Waals surface area contributed by atoms with Gasteiger partial charge in [0.15, 0.2) is 0 Å². The lowest BCUT2D eigenvalue weighted by molar-refractivity contribution is -0.119. The molecular formula is C16H22ClNO3. The van der Waals surface area contributed by atoms with E-state index in [9.17, 15) is 9.59 Å². The highest BCUT2D eigenvalue weighted by Crippen LogP contribution is 2.21. The third-order valence-electron chi connectivity index (χ3n) is 2.79. The maximum absolute atomic E-state index is 11.9. The molecule has 1 atom stereocenters. The van der Waals surface area contributed by atoms with E-state index in [0.29, 0.717) is 11.4 Å². The van der Waals surface area contributed by atoms with Gasteiger partial charge in [0, 0.05) is 17.9 Å². The predicted molar refractivity (Wildman–Crippen MR) is 83.5 cm³/mol. The van der Waals surface area contributed by atoms with Crippen molar-refractivity contribution in [2.75, 3.05) is 0 Å². The van der Waals surface area contributed by atoms with Gasteiger partial charge in [0.05, 0.1) is 6.04 Å². The highest BCUT2D eigenvalue weighted by Gasteiger charge is 2.22. The van der Waals surface area contributed by atoms with Crippen LogP contribution in [0.2, 0.25) is 5.02 Å². The Hall–Kier alpha value is -1.55. The summed E-state index contributed by atoms with van der Waals surface area (Å²) in [5.74, 6) is 0.0750. The number of rotatable bonds is 5. The summed E-state index contributed by atoms with van der Waals surface area (Å²) in [6.45, 7) is 7.18. The molecule has 1 rings (SSSR count). The van der Waals surface area contributed by atoms with Crippen LogP contribution in [0.1, 0.15) is 52.1 Å². The fourth-order valence-electron chi connectivity index (χ4n) is 1.77. The van der Waals surface area contributed by atoms with Crippen LogP contribution in [-0.2, 0) is 9.53 Å². The minimum atomic E-state index is -0.580. The number of ether oxygens (including phenoxy) is 1. The molecule has 1 aromatic carbocycles. The molecule has 0 unspecified atom stereocenters. The number of amides is 1. The smallest absolute Gasteiger partial charge is 0.408 e. The first-order chi connectivity index (χ1) is 9.71. The third-order valence-corrected chi connectivity index (χ3v) is 3.04. The van der Waals surface area contributed by atoms with Gasteiger partial charge in [-0.3, -0.25) is 4.79 Å². The highest BCUT2D eigenvalue weighted by molar-refractivity contribution is 6.30. The molecule has 0 aliphatic carbocycles. The fourth-order valence-corrected chi connectivity index (χ4v) is 1.90. The van der Waals surface area contributed by atoms with Crippen LogP contribution in [0.4, 0.5) is 4.79 Å². The number of hydrogen-bond acceptors (Lipinski definition) is 3. The average molecular weight is 312 g/mol. The first-order valence-corrected chi connectivity index (χ1v) is 7.35. The van der Waals surface area contributed by atoms with Crippen LogP contribution < -0.4 is 5.32 Å². The summed E-state index contributed by atoms with van der Waals surface area (Å²) >= 11 is 5.86. The van der Waals surface area contributed by atoms with Crippen molar-refractivity contribution < 1.29 is 14.3 Å². The SMILES string of the molecule is CCC(=O)C[C@@H](NC(=O)OC(C)(C)C)c1ccc(Cl)cc1. The van der Waals surface area contributed by atoms with Gasteiger partial charge in [-0.25, -0.2) is 4.79 Å². The van der Waals surface area contributed by atoms with Crippen LogP contribution in [0.3, 0.4) is 0 Å². The molecule has 0 aromatic heterocycles. The van der Waals surface area contributed by atoms with Gasteiger partial charge in [-0.2, -0.15) is 0 Å². The minimum Gasteiger partial charge on any atom is -0.444 e. The maximum Gasteiger partial charge on any atom is 0.408 e. The van der Waals surface area contributed by atoms with E-state index in [2.05, 4.69) is 5.32 Å². The van der Waals surface area contributed by atoms with Crippen LogP contribution in [0.5, 0.6) is 0 Å². The summed E-state index contributed by atoms with van der Waals surface area (Å²) in [6.07, 6.45) is 0.128. The van der Waals surface area contributed by atoms with Crippen molar-refractivity contribution >= 4 is 23.5 Å². The molecule has 0 heterocycles. The molecule has 0 fully saturated rings. The molecule has 0 bridgehead atoms. The van der Waals surface area contributed by atoms with E-state index in [4.69, 9.17) is 16.3 Å². The zero-order valence-electron chi connectivity index (χ0n) is 12.9. The number of hydrogen-bond donors (Lipinski definition) is 1. The van der Waals surface area contributed by atoms with Crippen molar-refractivity contribution in [1.29, 1.82) is 0 Å². The van der Waals surface area contributed by atoms with Crippen LogP contribution in [0.25, 0.3) is 0 Å². The van der Waals surface area contributed by atoms with E-state index in [1.807, 2.05) is 0 Å². The molecule has 1 N–H and O–H groups in total. The molecule has 0 radical (unpaired) electrons. The molecule has 116 valence electrons. The zero-order valence-corrected chi connectivity index (χ0v) is 13.7. The number of ketones is 1. The fraction of sp³-hybridized carbons (Fsp3) is 0.500. The second kappa shape index (κ2) is 7.46. The summed E-state index contributed by atoms with van der Waals surface area (Å²) in [4.78, 5) is 23.6. The number of alkyl carbamates (subject to hydrolysis) is 1. The molecule has 0 aliphatic rings. The summed E-state index contributed by atoms with van der Waals surface area (Å²) in [5, 5.41) is 3.36. The molecule has 5 heteroatoms. The molecule has 0 aliphatic heterocycles. The number of nitrogens with one attached hydrogen (secondary N) is 1. The topological polar surface area (TPSA) is 55.4 Å². The Morgan fingerprint density at radius 3 is 2.29 bits per heavy atom. The standard InChI is InChI=1S/C16H22ClNO3/c1-5-13(19)10-14(11-6-8-12(17)9-7-11)18-15(20)21-16(2,3)4/h6-9,14H,5,10H2,1-4H3,(H,18,20)/t14-/m1/s1. The van der Waals surface area contributed by atoms with Gasteiger partial charge in [0.1, 0.15) is 11.4 Å². The Morgan fingerprint density at radius 1 is 1.24 bits per heavy atom. The Balaban J connectivity index is 2.84. The Morgan fingerprint density at radius 2 is 1.81 bits per heavy atom. The van der Waals surface area contributed by atoms with Crippen molar-refractivity contribution in [3.63, 3.8) is 0 Å². The number of carbonyl (C=O) groups is 2. The van der Waals surface area contributed by atoms with E-state index in [-0.39, 0.29) is 12.2 Å². The van der Waals surface area contributed by atoms with E-state index in [1.54, 1.807) is 52.0 Å². The number of halogens is 1. The summed E-state index contributed by atoms with van der Waals surface area (Å²) < 4.78 is 5.24. The molecule has 0 saturated heterocycles. The molecular weight excluding hydrogens is 290 g/mol. The Bertz CT molecular complexity index is 491. The summed E-state index contributed by atoms with van der Waals surface area (Å²) in [7, 11) is 0. The van der Waals surface area contributed by atoms with Gasteiger partial charge in [-0.15, -0.1) is 0 Å². The Labute approximate surface area is 130 Å². The van der Waals surface area contributed by atoms with Crippen LogP contribution in [0, 0.1) is 0 Å². The minimum absolute atomic E-state index is 0.0750. The van der Waals surface area contributed by atoms with Gasteiger partial charge in [0.25, 0.3) is 0 Å². The second-order valence-corrected chi connectivity index (χ2v) is 6.28. The predicted octanol–water partition coefficient (Wildman–Crippen LogP) is 4.28. The Kier molecular flexibility index (Phi) is 6.21. The van der Waals surface area contributed by atoms with Gasteiger partial charge >= 0.3 is 6.09 Å². The van der Waals surface area contributed by atoms with Crippen molar-refractivity contribution in [2.24, 2.45) is 0 Å². The lowest BCUT2D eigenvalue weighted by atomic mass is 10.0. The quantitative estimate of drug-likeness (QED) is 0.883. The normalized spacial score (nSPS) is 12.6. The maximum atomic E-state index is 11.9. The lowest BCUT2D eigenvalue weighted by Crippen LogP contribution is -2.35. The van der Waals surface area contributed by atoms with Crippen LogP contribution in [-0.4, -0.2) is 17.5 Å². The van der Waals surface area contributed by atoms with Gasteiger partial charge in [-0.1, -0.05) is 30.7 Å². The van der Waals surface area contributed by atoms with Crippen molar-refractivity contribution in [3.8, 4) is 0 Å². The second-order valence-electron chi connectivity index (χ2n) is 5.85. The zero-order chi connectivity index (χ0) is 16.0. The highest BCUT2D eigenvalue weighted by atomic mass is 35.5. The van der Waals surface area contributed by atoms with Gasteiger partial charge in [-0.05, 0) is 38.5 Å². The third kappa shape index (κ3) is 6.63. The number of Topliss-reactive ketones (excluding diaryl/α,β-unsaturated/α-hetero) is 1.